The van der Waals surface area contributed by atoms with Gasteiger partial charge in [0.2, 0.25) is 5.65 Å². The van der Waals surface area contributed by atoms with E-state index in [0.717, 1.165) is 0 Å². The molecule has 0 saturated heterocycles. The van der Waals surface area contributed by atoms with Crippen molar-refractivity contribution >= 4 is 17.4 Å². The van der Waals surface area contributed by atoms with E-state index < -0.39 is 0 Å². The number of benzene rings is 1. The smallest absolute Gasteiger partial charge is 0.280 e. The molecule has 2 aromatic heterocycles. The molecule has 0 spiro atoms. The summed E-state index contributed by atoms with van der Waals surface area (Å²) in [7, 11) is 0. The highest BCUT2D eigenvalue weighted by Crippen LogP contribution is 2.15. The zero-order valence-corrected chi connectivity index (χ0v) is 11.4. The van der Waals surface area contributed by atoms with Crippen LogP contribution in [-0.4, -0.2) is 24.9 Å². The molecule has 0 aliphatic heterocycles. The summed E-state index contributed by atoms with van der Waals surface area (Å²) >= 11 is 1.20. The average Bonchev–Trinajstić information content (AvgIpc) is 2.91. The highest BCUT2D eigenvalue weighted by atomic mass is 32.2. The largest absolute Gasteiger partial charge is 0.300 e. The Morgan fingerprint density at radius 1 is 1.24 bits per heavy atom. The number of hydrogen-bond acceptors (Lipinski definition) is 5. The van der Waals surface area contributed by atoms with Gasteiger partial charge in [-0.3, -0.25) is 13.8 Å². The van der Waals surface area contributed by atoms with Crippen LogP contribution in [-0.2, 0) is 0 Å². The van der Waals surface area contributed by atoms with Gasteiger partial charge in [-0.25, -0.2) is 4.39 Å². The van der Waals surface area contributed by atoms with E-state index in [2.05, 4.69) is 10.2 Å². The topological polar surface area (TPSA) is 76.0 Å². The lowest BCUT2D eigenvalue weighted by Crippen LogP contribution is -2.20. The Balaban J connectivity index is 2.11. The van der Waals surface area contributed by atoms with Gasteiger partial charge in [0.1, 0.15) is 5.82 Å². The number of halogens is 1. The molecule has 0 bridgehead atoms. The highest BCUT2D eigenvalue weighted by Gasteiger charge is 2.11. The Labute approximate surface area is 122 Å². The molecule has 0 aliphatic carbocycles. The predicted octanol–water partition coefficient (Wildman–Crippen LogP) is 1.63. The first-order valence-electron chi connectivity index (χ1n) is 5.93. The summed E-state index contributed by atoms with van der Waals surface area (Å²) in [5, 5.41) is 16.8. The number of aromatic nitrogens is 4. The second-order valence-electron chi connectivity index (χ2n) is 4.07. The molecule has 21 heavy (non-hydrogen) atoms. The van der Waals surface area contributed by atoms with Gasteiger partial charge in [-0.2, -0.15) is 5.26 Å². The predicted molar refractivity (Wildman–Crippen MR) is 74.9 cm³/mol. The van der Waals surface area contributed by atoms with Crippen molar-refractivity contribution in [3.63, 3.8) is 0 Å². The lowest BCUT2D eigenvalue weighted by atomic mass is 10.3. The Morgan fingerprint density at radius 3 is 2.71 bits per heavy atom. The van der Waals surface area contributed by atoms with E-state index in [1.54, 1.807) is 12.4 Å². The summed E-state index contributed by atoms with van der Waals surface area (Å²) in [5.41, 5.74) is 0.334. The van der Waals surface area contributed by atoms with Crippen LogP contribution in [0.1, 0.15) is 0 Å². The van der Waals surface area contributed by atoms with Crippen molar-refractivity contribution in [1.29, 1.82) is 5.26 Å². The Bertz CT molecular complexity index is 894. The van der Waals surface area contributed by atoms with E-state index in [4.69, 9.17) is 5.26 Å². The summed E-state index contributed by atoms with van der Waals surface area (Å²) in [6.07, 6.45) is 3.20. The lowest BCUT2D eigenvalue weighted by molar-refractivity contribution is 0.627. The number of hydrogen-bond donors (Lipinski definition) is 0. The third-order valence-electron chi connectivity index (χ3n) is 2.81. The van der Waals surface area contributed by atoms with Gasteiger partial charge in [0, 0.05) is 18.1 Å². The molecule has 0 atom stereocenters. The lowest BCUT2D eigenvalue weighted by Gasteiger charge is -2.05. The molecular weight excluding hydrogens is 293 g/mol. The second-order valence-corrected chi connectivity index (χ2v) is 5.02. The van der Waals surface area contributed by atoms with Crippen molar-refractivity contribution in [2.75, 3.05) is 5.75 Å². The monoisotopic (exact) mass is 301 g/mol. The molecule has 0 fully saturated rings. The van der Waals surface area contributed by atoms with Gasteiger partial charge in [0.15, 0.2) is 5.16 Å². The highest BCUT2D eigenvalue weighted by molar-refractivity contribution is 7.99. The molecule has 3 rings (SSSR count). The van der Waals surface area contributed by atoms with Gasteiger partial charge in [-0.05, 0) is 24.3 Å². The number of nitriles is 1. The van der Waals surface area contributed by atoms with Gasteiger partial charge >= 0.3 is 5.56 Å². The molecule has 1 aromatic carbocycles. The first kappa shape index (κ1) is 13.3. The van der Waals surface area contributed by atoms with Crippen molar-refractivity contribution < 1.29 is 4.39 Å². The minimum atomic E-state index is -0.370. The van der Waals surface area contributed by atoms with Crippen molar-refractivity contribution in [3.8, 4) is 11.8 Å². The maximum atomic E-state index is 12.9. The van der Waals surface area contributed by atoms with Crippen LogP contribution in [0.5, 0.6) is 0 Å². The first-order valence-corrected chi connectivity index (χ1v) is 6.91. The van der Waals surface area contributed by atoms with Crippen LogP contribution in [0.3, 0.4) is 0 Å². The minimum absolute atomic E-state index is 0.155. The van der Waals surface area contributed by atoms with E-state index in [9.17, 15) is 9.18 Å². The van der Waals surface area contributed by atoms with E-state index in [-0.39, 0.29) is 22.8 Å². The van der Waals surface area contributed by atoms with Crippen LogP contribution in [0.25, 0.3) is 11.3 Å². The van der Waals surface area contributed by atoms with E-state index >= 15 is 0 Å². The molecule has 6 nitrogen and oxygen atoms in total. The molecular formula is C13H8FN5OS. The molecule has 3 aromatic rings. The molecule has 104 valence electrons. The second kappa shape index (κ2) is 5.38. The molecule has 8 heteroatoms. The Morgan fingerprint density at radius 2 is 2.00 bits per heavy atom. The normalized spacial score (nSPS) is 10.7. The van der Waals surface area contributed by atoms with E-state index in [0.29, 0.717) is 10.8 Å². The zero-order valence-electron chi connectivity index (χ0n) is 10.6. The molecule has 0 aliphatic rings. The fourth-order valence-corrected chi connectivity index (χ4v) is 2.44. The summed E-state index contributed by atoms with van der Waals surface area (Å²) in [5.74, 6) is -0.146. The number of nitrogens with zero attached hydrogens (tertiary/aromatic N) is 5. The van der Waals surface area contributed by atoms with E-state index in [1.807, 2.05) is 6.07 Å². The van der Waals surface area contributed by atoms with Crippen LogP contribution in [0.2, 0.25) is 0 Å². The molecule has 2 heterocycles. The molecule has 0 amide bonds. The van der Waals surface area contributed by atoms with Crippen LogP contribution >= 0.6 is 11.8 Å². The maximum absolute atomic E-state index is 12.9. The minimum Gasteiger partial charge on any atom is -0.280 e. The summed E-state index contributed by atoms with van der Waals surface area (Å²) in [4.78, 5) is 12.4. The van der Waals surface area contributed by atoms with Gasteiger partial charge < -0.3 is 0 Å². The quantitative estimate of drug-likeness (QED) is 0.687. The molecule has 0 saturated carbocycles. The van der Waals surface area contributed by atoms with Gasteiger partial charge in [0.25, 0.3) is 0 Å². The third-order valence-corrected chi connectivity index (χ3v) is 3.62. The summed E-state index contributed by atoms with van der Waals surface area (Å²) in [6.45, 7) is 0. The average molecular weight is 301 g/mol. The van der Waals surface area contributed by atoms with Crippen LogP contribution in [0.15, 0.2) is 46.6 Å². The first-order chi connectivity index (χ1) is 10.2. The van der Waals surface area contributed by atoms with Crippen LogP contribution < -0.4 is 5.56 Å². The summed E-state index contributed by atoms with van der Waals surface area (Å²) < 4.78 is 15.8. The summed E-state index contributed by atoms with van der Waals surface area (Å²) in [6, 6.07) is 7.57. The van der Waals surface area contributed by atoms with Crippen molar-refractivity contribution in [2.45, 2.75) is 5.16 Å². The van der Waals surface area contributed by atoms with Crippen molar-refractivity contribution in [1.82, 2.24) is 19.2 Å². The number of thioether (sulfide) groups is 1. The van der Waals surface area contributed by atoms with Crippen molar-refractivity contribution in [3.05, 3.63) is 52.8 Å². The van der Waals surface area contributed by atoms with Gasteiger partial charge in [-0.1, -0.05) is 11.8 Å². The van der Waals surface area contributed by atoms with Crippen molar-refractivity contribution in [2.24, 2.45) is 0 Å². The molecule has 0 radical (unpaired) electrons. The standard InChI is InChI=1S/C13H8FN5OS/c14-9-1-3-10(4-2-9)18-6-7-19-11(12(18)20)16-17-13(19)21-8-5-15/h1-4,6-7H,8H2. The SMILES string of the molecule is N#CCSc1nnc2c(=O)n(-c3ccc(F)cc3)ccn12. The molecule has 0 N–H and O–H groups in total. The maximum Gasteiger partial charge on any atom is 0.300 e. The van der Waals surface area contributed by atoms with Crippen LogP contribution in [0, 0.1) is 17.1 Å². The molecule has 0 unspecified atom stereocenters. The van der Waals surface area contributed by atoms with Gasteiger partial charge in [0.05, 0.1) is 11.8 Å². The zero-order chi connectivity index (χ0) is 14.8. The van der Waals surface area contributed by atoms with E-state index in [1.165, 1.54) is 45.0 Å². The fourth-order valence-electron chi connectivity index (χ4n) is 1.87. The van der Waals surface area contributed by atoms with Gasteiger partial charge in [-0.15, -0.1) is 10.2 Å². The Kier molecular flexibility index (Phi) is 3.41. The fraction of sp³-hybridized carbons (Fsp3) is 0.0769. The number of rotatable bonds is 3. The number of fused-ring (bicyclic) bond motifs is 1. The third kappa shape index (κ3) is 2.39. The Hall–Kier alpha value is -2.66. The van der Waals surface area contributed by atoms with Crippen LogP contribution in [0.4, 0.5) is 4.39 Å².